The summed E-state index contributed by atoms with van der Waals surface area (Å²) in [5.74, 6) is -3.99. The molecule has 0 amide bonds. The zero-order valence-corrected chi connectivity index (χ0v) is 92.3. The van der Waals surface area contributed by atoms with Crippen molar-refractivity contribution in [2.45, 2.75) is 159 Å². The van der Waals surface area contributed by atoms with Crippen molar-refractivity contribution < 1.29 is 166 Å². The van der Waals surface area contributed by atoms with E-state index in [0.29, 0.717) is 51.4 Å². The first-order valence-electron chi connectivity index (χ1n) is 43.9. The third-order valence-corrected chi connectivity index (χ3v) is 24.0. The predicted octanol–water partition coefficient (Wildman–Crippen LogP) is 22.0. The molecule has 14 heterocycles. The number of rotatable bonds is 16. The Morgan fingerprint density at radius 3 is 1.27 bits per heavy atom. The number of carboxylic acids is 3. The number of carboxylic acid groups (broad SMARTS) is 3. The molecule has 0 radical (unpaired) electrons. The Morgan fingerprint density at radius 1 is 0.379 bits per heavy atom. The summed E-state index contributed by atoms with van der Waals surface area (Å²) >= 11 is 5.48. The Balaban J connectivity index is 0.000000200. The van der Waals surface area contributed by atoms with Crippen molar-refractivity contribution in [2.75, 3.05) is 0 Å². The third-order valence-electron chi connectivity index (χ3n) is 23.6. The van der Waals surface area contributed by atoms with Crippen molar-refractivity contribution in [3.63, 3.8) is 0 Å². The summed E-state index contributed by atoms with van der Waals surface area (Å²) in [7, 11) is 0. The summed E-state index contributed by atoms with van der Waals surface area (Å²) in [4.78, 5) is 87.7. The molecule has 0 spiro atoms. The summed E-state index contributed by atoms with van der Waals surface area (Å²) in [6.07, 6.45) is -6.40. The van der Waals surface area contributed by atoms with E-state index in [0.717, 1.165) is 84.3 Å². The largest absolute Gasteiger partial charge is 2.00 e. The summed E-state index contributed by atoms with van der Waals surface area (Å²) in [5.41, 5.74) is 10.9. The summed E-state index contributed by atoms with van der Waals surface area (Å²) < 4.78 is 92.6. The minimum Gasteiger partial charge on any atom is -0.779 e. The Labute approximate surface area is 910 Å². The predicted molar refractivity (Wildman–Crippen MR) is 513 cm³/mol. The maximum Gasteiger partial charge on any atom is 2.00 e. The monoisotopic (exact) mass is 2880 g/mol. The van der Waals surface area contributed by atoms with E-state index in [1.807, 2.05) is 174 Å². The fourth-order valence-corrected chi connectivity index (χ4v) is 15.1. The molecular weight excluding hydrogens is 2790 g/mol. The van der Waals surface area contributed by atoms with Crippen LogP contribution in [0, 0.1) is 30.3 Å². The first-order valence-corrected chi connectivity index (χ1v) is 44.3. The Morgan fingerprint density at radius 2 is 0.793 bits per heavy atom. The number of aromatic nitrogens is 18. The van der Waals surface area contributed by atoms with Crippen LogP contribution in [0.5, 0.6) is 0 Å². The quantitative estimate of drug-likeness (QED) is 0.0459. The van der Waals surface area contributed by atoms with Gasteiger partial charge in [0.05, 0.1) is 57.2 Å². The molecule has 145 heavy (non-hydrogen) atoms. The number of hydrogen-bond acceptors (Lipinski definition) is 19. The molecule has 24 nitrogen and oxygen atoms in total. The molecule has 3 N–H and O–H groups in total. The van der Waals surface area contributed by atoms with Crippen LogP contribution >= 0.6 is 0 Å². The molecular formula is C108H92F7N18O6Pt5S-3. The molecule has 1 aliphatic rings. The van der Waals surface area contributed by atoms with Gasteiger partial charge in [-0.05, 0) is 212 Å². The zero-order chi connectivity index (χ0) is 101. The van der Waals surface area contributed by atoms with Gasteiger partial charge in [0.15, 0.2) is 0 Å². The van der Waals surface area contributed by atoms with E-state index in [-0.39, 0.29) is 162 Å². The second-order valence-electron chi connectivity index (χ2n) is 36.8. The van der Waals surface area contributed by atoms with E-state index >= 15 is 0 Å². The van der Waals surface area contributed by atoms with Crippen molar-refractivity contribution in [3.05, 3.63) is 400 Å². The molecule has 0 aliphatic carbocycles. The number of carbonyl (C=O) groups is 3. The number of pyridine rings is 10. The van der Waals surface area contributed by atoms with Crippen LogP contribution in [0.25, 0.3) is 73.8 Å². The minimum atomic E-state index is -4.69. The minimum absolute atomic E-state index is 0. The first kappa shape index (κ1) is 116. The van der Waals surface area contributed by atoms with Gasteiger partial charge in [-0.3, -0.25) is 29.4 Å². The third kappa shape index (κ3) is 26.8. The number of halogens is 7. The molecule has 0 unspecified atom stereocenters. The Hall–Kier alpha value is -12.5. The summed E-state index contributed by atoms with van der Waals surface area (Å²) in [6, 6.07) is 89.6. The van der Waals surface area contributed by atoms with Crippen LogP contribution in [0.3, 0.4) is 0 Å². The molecule has 0 saturated heterocycles. The van der Waals surface area contributed by atoms with Gasteiger partial charge < -0.3 is 72.8 Å². The van der Waals surface area contributed by atoms with E-state index in [9.17, 15) is 50.2 Å². The van der Waals surface area contributed by atoms with Gasteiger partial charge in [0.1, 0.15) is 28.6 Å². The maximum absolute atomic E-state index is 14.9. The van der Waals surface area contributed by atoms with Crippen LogP contribution in [0.4, 0.5) is 30.7 Å². The Bertz CT molecular complexity index is 7060. The molecule has 0 fully saturated rings. The van der Waals surface area contributed by atoms with Gasteiger partial charge in [0, 0.05) is 131 Å². The molecule has 4 aromatic carbocycles. The molecule has 37 heteroatoms. The average Bonchev–Trinajstić information content (AvgIpc) is 1.36. The summed E-state index contributed by atoms with van der Waals surface area (Å²) in [6.45, 7) is 29.9. The van der Waals surface area contributed by atoms with Crippen molar-refractivity contribution in [3.8, 4) is 73.8 Å². The van der Waals surface area contributed by atoms with Gasteiger partial charge in [-0.2, -0.15) is 31.2 Å². The van der Waals surface area contributed by atoms with Gasteiger partial charge in [-0.15, -0.1) is 95.1 Å². The molecule has 0 atom stereocenters. The van der Waals surface area contributed by atoms with E-state index in [1.165, 1.54) is 41.1 Å². The Kier molecular flexibility index (Phi) is 37.9. The van der Waals surface area contributed by atoms with Crippen molar-refractivity contribution in [1.82, 2.24) is 90.0 Å². The van der Waals surface area contributed by atoms with Gasteiger partial charge in [-0.25, -0.2) is 34.4 Å². The number of aromatic carboxylic acids is 3. The van der Waals surface area contributed by atoms with Crippen LogP contribution in [0.1, 0.15) is 221 Å². The van der Waals surface area contributed by atoms with Crippen LogP contribution < -0.4 is 10.2 Å². The molecule has 18 rings (SSSR count). The molecule has 8 bridgehead atoms. The van der Waals surface area contributed by atoms with E-state index in [2.05, 4.69) is 145 Å². The number of fused-ring (bicyclic) bond motifs is 10. The van der Waals surface area contributed by atoms with E-state index in [4.69, 9.17) is 47.8 Å². The summed E-state index contributed by atoms with van der Waals surface area (Å²) in [5, 5.41) is 45.1. The van der Waals surface area contributed by atoms with Crippen molar-refractivity contribution in [1.29, 1.82) is 0 Å². The first-order chi connectivity index (χ1) is 66.1. The second kappa shape index (κ2) is 47.3. The number of benzene rings is 4. The van der Waals surface area contributed by atoms with Crippen molar-refractivity contribution in [2.24, 2.45) is 0 Å². The molecule has 13 aromatic heterocycles. The average molecular weight is 2880 g/mol. The fraction of sp³-hybridized carbons (Fsp3) is 0.222. The number of alkyl halides is 6. The van der Waals surface area contributed by atoms with Crippen molar-refractivity contribution >= 4 is 30.5 Å². The van der Waals surface area contributed by atoms with E-state index in [1.54, 1.807) is 94.4 Å². The zero-order valence-electron chi connectivity index (χ0n) is 80.2. The van der Waals surface area contributed by atoms with Crippen LogP contribution in [-0.2, 0) is 168 Å². The topological polar surface area (TPSA) is 338 Å². The SMILES string of the molecule is CC(C)(C)c1n[c-]n(-c2cccc(C(C)(C)c3cccc(C(=O)O)n3)n2)n1.CC(C)(c1cccc(-c2[c-]cccc2)n1)c1cccc(-c2ccccc2[S-])n1.CC(C)(c1cccc(C(=O)O)n1)c1cccc(-c2cc(C(F)(F)F)n[n-]2)n1.CC(C)(c1cccc(C(=O)O)n1)c1cccc(-c2nc(C(F)(F)F)n[n-]2)n1.CC1(C)c2[c-]c(ccc2)-c2cccc(n2)C(C)(C)c2cccc(n2)-c2[c-]c1ccc2F.[Pt+2].[Pt+2].[Pt].[Pt].[Pt]. The molecule has 758 valence electrons. The van der Waals surface area contributed by atoms with Crippen LogP contribution in [0.2, 0.25) is 0 Å². The van der Waals surface area contributed by atoms with Gasteiger partial charge in [-0.1, -0.05) is 155 Å². The van der Waals surface area contributed by atoms with Gasteiger partial charge in [0.2, 0.25) is 0 Å². The second-order valence-corrected chi connectivity index (χ2v) is 37.3. The number of hydrogen-bond donors (Lipinski definition) is 3. The van der Waals surface area contributed by atoms with E-state index < -0.39 is 68.9 Å². The molecule has 17 aromatic rings. The van der Waals surface area contributed by atoms with Gasteiger partial charge >= 0.3 is 72.4 Å². The number of nitrogens with zero attached hydrogens (tertiary/aromatic N) is 18. The maximum atomic E-state index is 14.9. The molecule has 0 saturated carbocycles. The molecule has 1 aliphatic heterocycles. The normalized spacial score (nSPS) is 12.4. The van der Waals surface area contributed by atoms with Crippen LogP contribution in [-0.4, -0.2) is 113 Å². The van der Waals surface area contributed by atoms with Crippen LogP contribution in [0.15, 0.2) is 272 Å². The smallest absolute Gasteiger partial charge is 0.779 e. The standard InChI is InChI=1S/C28H23FN2.C25H21N2S.C20H22N5O2.C18H15F3N4O2.C17H14F3N5O2.5Pt/c1-27(2)19-9-5-8-18(16-19)23-10-6-12-25(30-23)28(3,4)26-13-7-11-24(31-26)21-17-20(27)14-15-22(21)29;1-25(2,23-16-8-13-20(26-23)18-10-4-3-5-11-18)24-17-9-14-21(27-24)19-12-6-7-15-22(19)28;1-19(2,3)18-21-12-25(24-18)16-11-7-10-15(23-16)20(4,5)14-9-6-8-13(22-14)17(26)27;1-17(2,14-8-4-6-11(23-14)16(26)27)13-7-3-5-10(22-13)12-9-15(25-24-12)18(19,20)21;1-16(2,12-8-4-6-10(22-12)14(26)27)11-7-3-5-9(21-11)13-23-15(25-24-13)17(18,19)20;;;;;/h5-15H,1-4H3;3-10,12-17,28H,1-2H3;6-11H,1-5H3,(H,26,27);3-9H,1-2H3,(H2,22,24,25,26,27);3-8H,1-2H3,(H2,21,23,24,25,26,27);;;;;/q-2;2*-1;;;;;;2*+2/p-3. The fourth-order valence-electron chi connectivity index (χ4n) is 14.9. The van der Waals surface area contributed by atoms with Gasteiger partial charge in [0.25, 0.3) is 0 Å².